The number of hydrogen-bond donors (Lipinski definition) is 2. The van der Waals surface area contributed by atoms with Gasteiger partial charge in [0.25, 0.3) is 5.91 Å². The molecule has 0 fully saturated rings. The van der Waals surface area contributed by atoms with E-state index in [4.69, 9.17) is 11.6 Å². The van der Waals surface area contributed by atoms with Crippen LogP contribution in [0.25, 0.3) is 11.1 Å². The van der Waals surface area contributed by atoms with Gasteiger partial charge in [-0.3, -0.25) is 19.3 Å². The molecule has 39 heavy (non-hydrogen) atoms. The van der Waals surface area contributed by atoms with Crippen molar-refractivity contribution in [1.82, 2.24) is 20.1 Å². The van der Waals surface area contributed by atoms with Crippen LogP contribution >= 0.6 is 11.6 Å². The minimum atomic E-state index is -0.925. The molecular weight excluding hydrogens is 510 g/mol. The molecule has 0 saturated heterocycles. The first-order chi connectivity index (χ1) is 19.0. The minimum Gasteiger partial charge on any atom is -0.338 e. The average Bonchev–Trinajstić information content (AvgIpc) is 3.40. The zero-order chi connectivity index (χ0) is 27.2. The molecule has 2 aromatic heterocycles. The van der Waals surface area contributed by atoms with Gasteiger partial charge in [0.1, 0.15) is 11.7 Å². The lowest BCUT2D eigenvalue weighted by Crippen LogP contribution is -2.48. The molecule has 1 atom stereocenters. The van der Waals surface area contributed by atoms with Gasteiger partial charge in [0, 0.05) is 42.8 Å². The number of rotatable bonds is 8. The maximum Gasteiger partial charge on any atom is 0.270 e. The first-order valence-corrected chi connectivity index (χ1v) is 12.8. The number of halogens is 1. The van der Waals surface area contributed by atoms with Gasteiger partial charge in [0.15, 0.2) is 0 Å². The Labute approximate surface area is 231 Å². The molecule has 0 radical (unpaired) electrons. The monoisotopic (exact) mass is 535 g/mol. The number of anilines is 1. The van der Waals surface area contributed by atoms with Crippen LogP contribution in [0.15, 0.2) is 116 Å². The summed E-state index contributed by atoms with van der Waals surface area (Å²) in [6.07, 6.45) is 4.82. The molecule has 8 heteroatoms. The molecule has 2 amide bonds. The number of nitrogens with one attached hydrogen (secondary N) is 2. The van der Waals surface area contributed by atoms with Crippen LogP contribution in [0.4, 0.5) is 5.69 Å². The smallest absolute Gasteiger partial charge is 0.270 e. The number of benzene rings is 3. The Balaban J connectivity index is 1.49. The highest BCUT2D eigenvalue weighted by atomic mass is 35.5. The average molecular weight is 536 g/mol. The fraction of sp³-hybridized carbons (Fsp3) is 0.0968. The molecule has 3 aromatic carbocycles. The Bertz CT molecular complexity index is 1530. The van der Waals surface area contributed by atoms with Crippen LogP contribution < -0.4 is 10.6 Å². The van der Waals surface area contributed by atoms with Crippen molar-refractivity contribution in [2.75, 3.05) is 5.32 Å². The molecule has 2 heterocycles. The Morgan fingerprint density at radius 1 is 0.821 bits per heavy atom. The van der Waals surface area contributed by atoms with Gasteiger partial charge in [-0.25, -0.2) is 0 Å². The number of hydrogen-bond acceptors (Lipinski definition) is 4. The standard InChI is InChI=1S/C31H26ClN5O2/c1-37-27(17-19-34-37)30(38)36-29(28(22-8-4-2-5-9-22)23-10-6-3-7-11-23)31(39)35-24-14-12-21(13-15-24)25-16-18-33-20-26(25)32/h2-20,28-29H,1H3,(H,35,39)(H,36,38). The Morgan fingerprint density at radius 2 is 1.46 bits per heavy atom. The first-order valence-electron chi connectivity index (χ1n) is 12.4. The van der Waals surface area contributed by atoms with Gasteiger partial charge >= 0.3 is 0 Å². The van der Waals surface area contributed by atoms with Gasteiger partial charge in [-0.05, 0) is 41.0 Å². The third-order valence-electron chi connectivity index (χ3n) is 6.51. The predicted molar refractivity (Wildman–Crippen MR) is 153 cm³/mol. The number of aryl methyl sites for hydroxylation is 1. The van der Waals surface area contributed by atoms with Crippen molar-refractivity contribution in [2.45, 2.75) is 12.0 Å². The van der Waals surface area contributed by atoms with E-state index in [2.05, 4.69) is 20.7 Å². The minimum absolute atomic E-state index is 0.349. The van der Waals surface area contributed by atoms with Crippen molar-refractivity contribution in [3.8, 4) is 11.1 Å². The fourth-order valence-electron chi connectivity index (χ4n) is 4.57. The van der Waals surface area contributed by atoms with Crippen molar-refractivity contribution < 1.29 is 9.59 Å². The molecule has 0 aliphatic carbocycles. The SMILES string of the molecule is Cn1nccc1C(=O)NC(C(=O)Nc1ccc(-c2ccncc2Cl)cc1)C(c1ccccc1)c1ccccc1. The Kier molecular flexibility index (Phi) is 7.80. The van der Waals surface area contributed by atoms with Crippen LogP contribution in [0, 0.1) is 0 Å². The van der Waals surface area contributed by atoms with E-state index in [0.29, 0.717) is 16.4 Å². The van der Waals surface area contributed by atoms with Crippen LogP contribution in [-0.2, 0) is 11.8 Å². The van der Waals surface area contributed by atoms with E-state index in [1.54, 1.807) is 31.7 Å². The highest BCUT2D eigenvalue weighted by Gasteiger charge is 2.33. The molecule has 0 saturated carbocycles. The Hall–Kier alpha value is -4.75. The van der Waals surface area contributed by atoms with Gasteiger partial charge in [0.2, 0.25) is 5.91 Å². The number of carbonyl (C=O) groups is 2. The molecule has 0 aliphatic rings. The molecule has 0 bridgehead atoms. The van der Waals surface area contributed by atoms with Crippen molar-refractivity contribution in [3.05, 3.63) is 137 Å². The van der Waals surface area contributed by atoms with Gasteiger partial charge < -0.3 is 10.6 Å². The van der Waals surface area contributed by atoms with E-state index in [1.165, 1.54) is 4.68 Å². The van der Waals surface area contributed by atoms with E-state index in [1.807, 2.05) is 91.0 Å². The highest BCUT2D eigenvalue weighted by Crippen LogP contribution is 2.30. The first kappa shape index (κ1) is 25.9. The molecule has 2 N–H and O–H groups in total. The third-order valence-corrected chi connectivity index (χ3v) is 6.81. The third kappa shape index (κ3) is 5.89. The topological polar surface area (TPSA) is 88.9 Å². The lowest BCUT2D eigenvalue weighted by Gasteiger charge is -2.28. The fourth-order valence-corrected chi connectivity index (χ4v) is 4.80. The van der Waals surface area contributed by atoms with Crippen molar-refractivity contribution in [1.29, 1.82) is 0 Å². The van der Waals surface area contributed by atoms with E-state index < -0.39 is 17.9 Å². The van der Waals surface area contributed by atoms with Crippen LogP contribution in [-0.4, -0.2) is 32.6 Å². The number of pyridine rings is 1. The normalized spacial score (nSPS) is 11.7. The summed E-state index contributed by atoms with van der Waals surface area (Å²) in [5, 5.41) is 10.6. The number of nitrogens with zero attached hydrogens (tertiary/aromatic N) is 3. The zero-order valence-electron chi connectivity index (χ0n) is 21.2. The van der Waals surface area contributed by atoms with E-state index in [-0.39, 0.29) is 5.91 Å². The van der Waals surface area contributed by atoms with Crippen LogP contribution in [0.2, 0.25) is 5.02 Å². The van der Waals surface area contributed by atoms with Gasteiger partial charge in [0.05, 0.1) is 5.02 Å². The van der Waals surface area contributed by atoms with Crippen LogP contribution in [0.5, 0.6) is 0 Å². The Morgan fingerprint density at radius 3 is 2.03 bits per heavy atom. The molecular formula is C31H26ClN5O2. The summed E-state index contributed by atoms with van der Waals surface area (Å²) in [5.74, 6) is -1.19. The summed E-state index contributed by atoms with van der Waals surface area (Å²) in [5.41, 5.74) is 4.49. The summed E-state index contributed by atoms with van der Waals surface area (Å²) >= 11 is 6.30. The maximum absolute atomic E-state index is 13.9. The highest BCUT2D eigenvalue weighted by molar-refractivity contribution is 6.33. The number of amides is 2. The number of aromatic nitrogens is 3. The van der Waals surface area contributed by atoms with Crippen LogP contribution in [0.1, 0.15) is 27.5 Å². The largest absolute Gasteiger partial charge is 0.338 e. The van der Waals surface area contributed by atoms with E-state index in [0.717, 1.165) is 22.3 Å². The molecule has 1 unspecified atom stereocenters. The lowest BCUT2D eigenvalue weighted by molar-refractivity contribution is -0.118. The molecule has 5 aromatic rings. The van der Waals surface area contributed by atoms with Crippen LogP contribution in [0.3, 0.4) is 0 Å². The second-order valence-corrected chi connectivity index (χ2v) is 9.42. The molecule has 0 spiro atoms. The molecule has 0 aliphatic heterocycles. The van der Waals surface area contributed by atoms with Crippen molar-refractivity contribution in [3.63, 3.8) is 0 Å². The quantitative estimate of drug-likeness (QED) is 0.266. The summed E-state index contributed by atoms with van der Waals surface area (Å²) in [7, 11) is 1.69. The summed E-state index contributed by atoms with van der Waals surface area (Å²) in [6.45, 7) is 0. The van der Waals surface area contributed by atoms with Gasteiger partial charge in [-0.15, -0.1) is 0 Å². The van der Waals surface area contributed by atoms with Crippen molar-refractivity contribution >= 4 is 29.1 Å². The molecule has 194 valence electrons. The summed E-state index contributed by atoms with van der Waals surface area (Å²) < 4.78 is 1.48. The second-order valence-electron chi connectivity index (χ2n) is 9.01. The van der Waals surface area contributed by atoms with E-state index in [9.17, 15) is 9.59 Å². The lowest BCUT2D eigenvalue weighted by atomic mass is 9.84. The summed E-state index contributed by atoms with van der Waals surface area (Å²) in [4.78, 5) is 31.3. The zero-order valence-corrected chi connectivity index (χ0v) is 21.9. The van der Waals surface area contributed by atoms with Crippen molar-refractivity contribution in [2.24, 2.45) is 7.05 Å². The molecule has 7 nitrogen and oxygen atoms in total. The predicted octanol–water partition coefficient (Wildman–Crippen LogP) is 5.70. The second kappa shape index (κ2) is 11.8. The van der Waals surface area contributed by atoms with Gasteiger partial charge in [-0.1, -0.05) is 84.4 Å². The number of carbonyl (C=O) groups excluding carboxylic acids is 2. The maximum atomic E-state index is 13.9. The summed E-state index contributed by atoms with van der Waals surface area (Å²) in [6, 6.07) is 29.3. The molecule has 5 rings (SSSR count). The van der Waals surface area contributed by atoms with E-state index >= 15 is 0 Å². The van der Waals surface area contributed by atoms with Gasteiger partial charge in [-0.2, -0.15) is 5.10 Å².